The summed E-state index contributed by atoms with van der Waals surface area (Å²) in [7, 11) is -4.27. The molecule has 0 radical (unpaired) electrons. The smallest absolute Gasteiger partial charge is 0.406 e. The van der Waals surface area contributed by atoms with Gasteiger partial charge in [0.15, 0.2) is 26.8 Å². The maximum absolute atomic E-state index is 13.7. The van der Waals surface area contributed by atoms with Crippen LogP contribution in [0.1, 0.15) is 47.8 Å². The van der Waals surface area contributed by atoms with Crippen LogP contribution in [0.2, 0.25) is 0 Å². The number of hydrogen-bond donors (Lipinski definition) is 4. The van der Waals surface area contributed by atoms with Crippen molar-refractivity contribution in [2.24, 2.45) is 5.41 Å². The van der Waals surface area contributed by atoms with Crippen molar-refractivity contribution in [2.75, 3.05) is 24.7 Å². The number of nitrogens with zero attached hydrogens (tertiary/aromatic N) is 3. The van der Waals surface area contributed by atoms with E-state index in [2.05, 4.69) is 20.0 Å². The fourth-order valence-electron chi connectivity index (χ4n) is 3.64. The zero-order chi connectivity index (χ0) is 31.6. The third-order valence-corrected chi connectivity index (χ3v) is 9.52. The minimum absolute atomic E-state index is 0.00356. The van der Waals surface area contributed by atoms with Gasteiger partial charge in [0, 0.05) is 11.2 Å². The van der Waals surface area contributed by atoms with Crippen LogP contribution in [0.3, 0.4) is 0 Å². The number of H-pyrrole nitrogens is 1. The SMILES string of the molecule is CC(C)OC(=O)[C@@H](C)N[P@](=O)(OCCSC(=O)C(C)(C)C)OC[C@H]1O[C@@H](n2cnc3c(=O)[nH]c(N)nc32)C(Cl)(Cl)[C@@H]1O. The summed E-state index contributed by atoms with van der Waals surface area (Å²) in [6.07, 6.45) is -3.42. The molecule has 0 spiro atoms. The Balaban J connectivity index is 1.77. The summed E-state index contributed by atoms with van der Waals surface area (Å²) < 4.78 is 35.0. The molecule has 1 aliphatic heterocycles. The van der Waals surface area contributed by atoms with Crippen LogP contribution in [-0.2, 0) is 32.7 Å². The molecule has 1 saturated heterocycles. The number of aliphatic hydroxyl groups excluding tert-OH is 1. The molecule has 19 heteroatoms. The minimum Gasteiger partial charge on any atom is -0.462 e. The van der Waals surface area contributed by atoms with E-state index in [9.17, 15) is 24.1 Å². The maximum atomic E-state index is 13.7. The molecule has 0 bridgehead atoms. The van der Waals surface area contributed by atoms with Crippen LogP contribution in [0.15, 0.2) is 11.1 Å². The highest BCUT2D eigenvalue weighted by molar-refractivity contribution is 8.13. The fraction of sp³-hybridized carbons (Fsp3) is 0.696. The van der Waals surface area contributed by atoms with Crippen LogP contribution in [0.4, 0.5) is 5.95 Å². The zero-order valence-electron chi connectivity index (χ0n) is 23.8. The Morgan fingerprint density at radius 3 is 2.62 bits per heavy atom. The van der Waals surface area contributed by atoms with Crippen LogP contribution in [-0.4, -0.2) is 83.4 Å². The van der Waals surface area contributed by atoms with E-state index in [-0.39, 0.29) is 34.6 Å². The molecule has 1 aliphatic rings. The first kappa shape index (κ1) is 34.7. The average molecular weight is 674 g/mol. The second-order valence-electron chi connectivity index (χ2n) is 10.8. The number of alkyl halides is 2. The Morgan fingerprint density at radius 1 is 1.33 bits per heavy atom. The Kier molecular flexibility index (Phi) is 11.2. The van der Waals surface area contributed by atoms with Crippen molar-refractivity contribution < 1.29 is 37.8 Å². The number of thioether (sulfide) groups is 1. The van der Waals surface area contributed by atoms with Crippen molar-refractivity contribution >= 4 is 70.9 Å². The van der Waals surface area contributed by atoms with Gasteiger partial charge in [0.05, 0.1) is 25.6 Å². The fourth-order valence-corrected chi connectivity index (χ4v) is 6.62. The van der Waals surface area contributed by atoms with Crippen LogP contribution in [0.25, 0.3) is 11.2 Å². The predicted octanol–water partition coefficient (Wildman–Crippen LogP) is 2.51. The van der Waals surface area contributed by atoms with E-state index in [4.69, 9.17) is 47.5 Å². The first-order valence-electron chi connectivity index (χ1n) is 12.8. The molecular weight excluding hydrogens is 638 g/mol. The zero-order valence-corrected chi connectivity index (χ0v) is 27.1. The molecule has 2 aromatic heterocycles. The van der Waals surface area contributed by atoms with E-state index >= 15 is 0 Å². The monoisotopic (exact) mass is 672 g/mol. The number of hydrogen-bond acceptors (Lipinski definition) is 13. The number of nitrogens with one attached hydrogen (secondary N) is 2. The predicted molar refractivity (Wildman–Crippen MR) is 157 cm³/mol. The summed E-state index contributed by atoms with van der Waals surface area (Å²) in [6, 6.07) is -1.11. The summed E-state index contributed by atoms with van der Waals surface area (Å²) >= 11 is 13.9. The molecule has 0 aromatic carbocycles. The van der Waals surface area contributed by atoms with E-state index in [1.165, 1.54) is 17.8 Å². The molecule has 5 N–H and O–H groups in total. The summed E-state index contributed by atoms with van der Waals surface area (Å²) in [5.41, 5.74) is 4.38. The number of aromatic nitrogens is 4. The number of imidazole rings is 1. The summed E-state index contributed by atoms with van der Waals surface area (Å²) in [6.45, 7) is 9.28. The summed E-state index contributed by atoms with van der Waals surface area (Å²) in [5, 5.41) is 13.3. The Morgan fingerprint density at radius 2 is 2.00 bits per heavy atom. The van der Waals surface area contributed by atoms with Crippen molar-refractivity contribution in [3.63, 3.8) is 0 Å². The quantitative estimate of drug-likeness (QED) is 0.110. The molecule has 236 valence electrons. The van der Waals surface area contributed by atoms with Crippen LogP contribution in [0.5, 0.6) is 0 Å². The second kappa shape index (κ2) is 13.5. The second-order valence-corrected chi connectivity index (χ2v) is 15.1. The van der Waals surface area contributed by atoms with Crippen LogP contribution >= 0.6 is 42.7 Å². The van der Waals surface area contributed by atoms with Crippen molar-refractivity contribution in [1.82, 2.24) is 24.6 Å². The number of rotatable bonds is 12. The molecule has 15 nitrogen and oxygen atoms in total. The molecular formula is C23H35Cl2N6O9PS. The van der Waals surface area contributed by atoms with Crippen LogP contribution in [0, 0.1) is 5.41 Å². The van der Waals surface area contributed by atoms with E-state index in [1.807, 2.05) is 0 Å². The molecule has 3 heterocycles. The van der Waals surface area contributed by atoms with Crippen molar-refractivity contribution in [1.29, 1.82) is 0 Å². The lowest BCUT2D eigenvalue weighted by atomic mass is 10.00. The number of ether oxygens (including phenoxy) is 2. The summed E-state index contributed by atoms with van der Waals surface area (Å²) in [5.74, 6) is -0.754. The standard InChI is InChI=1S/C23H35Cl2N6O9PS/c1-11(2)39-18(34)12(3)30-41(36,37-7-8-42-20(35)22(4,5)6)38-9-13-15(32)23(24,25)19(40-13)31-10-27-14-16(31)28-21(26)29-17(14)33/h10-13,15,19,32H,7-9H2,1-6H3,(H,30,36)(H3,26,28,29,33)/t12-,13-,15-,19-,41+/m1/s1. The molecule has 1 fully saturated rings. The van der Waals surface area contributed by atoms with Gasteiger partial charge in [-0.3, -0.25) is 33.0 Å². The van der Waals surface area contributed by atoms with Gasteiger partial charge in [-0.25, -0.2) is 14.6 Å². The highest BCUT2D eigenvalue weighted by atomic mass is 35.5. The van der Waals surface area contributed by atoms with Gasteiger partial charge in [0.25, 0.3) is 5.56 Å². The van der Waals surface area contributed by atoms with Crippen LogP contribution < -0.4 is 16.4 Å². The number of esters is 1. The number of carbonyl (C=O) groups excluding carboxylic acids is 2. The third kappa shape index (κ3) is 8.24. The first-order valence-corrected chi connectivity index (χ1v) is 16.1. The number of aromatic amines is 1. The number of nitrogens with two attached hydrogens (primary N) is 1. The molecule has 2 aromatic rings. The third-order valence-electron chi connectivity index (χ3n) is 5.74. The molecule has 42 heavy (non-hydrogen) atoms. The van der Waals surface area contributed by atoms with Gasteiger partial charge >= 0.3 is 13.7 Å². The van der Waals surface area contributed by atoms with E-state index in [0.717, 1.165) is 11.8 Å². The highest BCUT2D eigenvalue weighted by Gasteiger charge is 2.56. The normalized spacial score (nSPS) is 22.8. The van der Waals surface area contributed by atoms with Gasteiger partial charge in [0.2, 0.25) is 5.95 Å². The van der Waals surface area contributed by atoms with Gasteiger partial charge in [-0.05, 0) is 20.8 Å². The Bertz CT molecular complexity index is 1400. The Hall–Kier alpha value is -1.75. The van der Waals surface area contributed by atoms with Gasteiger partial charge < -0.3 is 20.3 Å². The number of anilines is 1. The number of nitrogen functional groups attached to an aromatic ring is 1. The molecule has 5 atom stereocenters. The molecule has 3 rings (SSSR count). The number of aliphatic hydroxyl groups is 1. The topological polar surface area (TPSA) is 210 Å². The van der Waals surface area contributed by atoms with Gasteiger partial charge in [-0.15, -0.1) is 0 Å². The van der Waals surface area contributed by atoms with E-state index in [0.29, 0.717) is 0 Å². The molecule has 0 saturated carbocycles. The van der Waals surface area contributed by atoms with E-state index in [1.54, 1.807) is 34.6 Å². The molecule has 0 aliphatic carbocycles. The van der Waals surface area contributed by atoms with Crippen molar-refractivity contribution in [3.8, 4) is 0 Å². The molecule has 0 unspecified atom stereocenters. The maximum Gasteiger partial charge on any atom is 0.406 e. The number of halogens is 2. The lowest BCUT2D eigenvalue weighted by Crippen LogP contribution is -2.39. The highest BCUT2D eigenvalue weighted by Crippen LogP contribution is 2.50. The van der Waals surface area contributed by atoms with Crippen molar-refractivity contribution in [3.05, 3.63) is 16.7 Å². The van der Waals surface area contributed by atoms with Gasteiger partial charge in [-0.1, -0.05) is 55.7 Å². The summed E-state index contributed by atoms with van der Waals surface area (Å²) in [4.78, 5) is 47.1. The van der Waals surface area contributed by atoms with Crippen molar-refractivity contribution in [2.45, 2.75) is 76.5 Å². The number of fused-ring (bicyclic) bond motifs is 1. The average Bonchev–Trinajstić information content (AvgIpc) is 3.37. The molecule has 0 amide bonds. The lowest BCUT2D eigenvalue weighted by molar-refractivity contribution is -0.149. The first-order chi connectivity index (χ1) is 19.4. The Labute approximate surface area is 256 Å². The van der Waals surface area contributed by atoms with Gasteiger partial charge in [0.1, 0.15) is 18.2 Å². The lowest BCUT2D eigenvalue weighted by Gasteiger charge is -2.25. The minimum atomic E-state index is -4.27. The largest absolute Gasteiger partial charge is 0.462 e. The van der Waals surface area contributed by atoms with Gasteiger partial charge in [-0.2, -0.15) is 4.98 Å². The van der Waals surface area contributed by atoms with E-state index < -0.39 is 66.2 Å². The number of carbonyl (C=O) groups is 2.